The predicted molar refractivity (Wildman–Crippen MR) is 141 cm³/mol. The van der Waals surface area contributed by atoms with Crippen LogP contribution in [0.1, 0.15) is 99.1 Å². The van der Waals surface area contributed by atoms with Gasteiger partial charge in [-0.2, -0.15) is 0 Å². The van der Waals surface area contributed by atoms with Gasteiger partial charge in [-0.15, -0.1) is 0 Å². The van der Waals surface area contributed by atoms with Crippen molar-refractivity contribution in [1.82, 2.24) is 0 Å². The van der Waals surface area contributed by atoms with Gasteiger partial charge in [0.05, 0.1) is 11.1 Å². The lowest BCUT2D eigenvalue weighted by atomic mass is 9.81. The summed E-state index contributed by atoms with van der Waals surface area (Å²) in [7, 11) is 0. The van der Waals surface area contributed by atoms with Gasteiger partial charge < -0.3 is 9.47 Å². The van der Waals surface area contributed by atoms with E-state index in [0.717, 1.165) is 17.5 Å². The van der Waals surface area contributed by atoms with Gasteiger partial charge in [-0.05, 0) is 77.5 Å². The van der Waals surface area contributed by atoms with Crippen LogP contribution in [0.3, 0.4) is 0 Å². The fraction of sp³-hybridized carbons (Fsp3) is 0.562. The predicted octanol–water partition coefficient (Wildman–Crippen LogP) is 7.10. The Hall–Kier alpha value is -2.62. The van der Waals surface area contributed by atoms with Crippen LogP contribution in [-0.2, 0) is 20.3 Å². The zero-order chi connectivity index (χ0) is 25.8. The van der Waals surface area contributed by atoms with Gasteiger partial charge in [-0.1, -0.05) is 77.9 Å². The van der Waals surface area contributed by atoms with Gasteiger partial charge >= 0.3 is 11.9 Å². The zero-order valence-electron chi connectivity index (χ0n) is 22.5. The van der Waals surface area contributed by atoms with Gasteiger partial charge in [0.25, 0.3) is 0 Å². The molecule has 2 bridgehead atoms. The van der Waals surface area contributed by atoms with Crippen molar-refractivity contribution in [2.45, 2.75) is 90.3 Å². The van der Waals surface area contributed by atoms with Crippen LogP contribution in [0.15, 0.2) is 48.5 Å². The maximum Gasteiger partial charge on any atom is 0.338 e. The van der Waals surface area contributed by atoms with E-state index in [4.69, 9.17) is 9.47 Å². The molecule has 0 radical (unpaired) electrons. The van der Waals surface area contributed by atoms with E-state index in [-0.39, 0.29) is 28.7 Å². The molecule has 3 fully saturated rings. The summed E-state index contributed by atoms with van der Waals surface area (Å²) >= 11 is 0. The molecule has 3 aliphatic carbocycles. The maximum absolute atomic E-state index is 13.6. The minimum Gasteiger partial charge on any atom is -0.455 e. The van der Waals surface area contributed by atoms with Crippen LogP contribution in [0.5, 0.6) is 0 Å². The molecule has 0 aliphatic heterocycles. The monoisotopic (exact) mass is 488 g/mol. The number of hydrogen-bond donors (Lipinski definition) is 0. The van der Waals surface area contributed by atoms with Crippen molar-refractivity contribution in [2.75, 3.05) is 0 Å². The Balaban J connectivity index is 1.43. The number of carbonyl (C=O) groups is 2. The largest absolute Gasteiger partial charge is 0.455 e. The number of rotatable bonds is 4. The van der Waals surface area contributed by atoms with E-state index in [1.54, 1.807) is 0 Å². The zero-order valence-corrected chi connectivity index (χ0v) is 22.5. The van der Waals surface area contributed by atoms with Crippen LogP contribution < -0.4 is 0 Å². The average Bonchev–Trinajstić information content (AvgIpc) is 3.52. The van der Waals surface area contributed by atoms with Crippen LogP contribution >= 0.6 is 0 Å². The molecule has 2 aromatic rings. The Bertz CT molecular complexity index is 1150. The second kappa shape index (κ2) is 9.04. The van der Waals surface area contributed by atoms with Crippen LogP contribution in [-0.4, -0.2) is 24.1 Å². The van der Waals surface area contributed by atoms with E-state index >= 15 is 0 Å². The number of carbonyl (C=O) groups excluding carboxylic acids is 2. The first kappa shape index (κ1) is 25.0. The quantitative estimate of drug-likeness (QED) is 0.431. The third kappa shape index (κ3) is 4.48. The topological polar surface area (TPSA) is 52.6 Å². The van der Waals surface area contributed by atoms with E-state index < -0.39 is 12.2 Å². The van der Waals surface area contributed by atoms with Gasteiger partial charge in [0.1, 0.15) is 12.2 Å². The van der Waals surface area contributed by atoms with Crippen LogP contribution in [0, 0.1) is 23.7 Å². The smallest absolute Gasteiger partial charge is 0.338 e. The second-order valence-corrected chi connectivity index (χ2v) is 13.2. The molecule has 5 rings (SSSR count). The Labute approximate surface area is 215 Å². The summed E-state index contributed by atoms with van der Waals surface area (Å²) in [4.78, 5) is 27.1. The van der Waals surface area contributed by atoms with E-state index in [2.05, 4.69) is 41.5 Å². The van der Waals surface area contributed by atoms with E-state index in [1.807, 2.05) is 48.5 Å². The molecule has 3 aliphatic rings. The third-order valence-electron chi connectivity index (χ3n) is 8.82. The molecule has 2 aromatic carbocycles. The molecule has 6 atom stereocenters. The number of fused-ring (bicyclic) bond motifs is 5. The molecular weight excluding hydrogens is 448 g/mol. The lowest BCUT2D eigenvalue weighted by Crippen LogP contribution is -2.38. The Morgan fingerprint density at radius 3 is 1.75 bits per heavy atom. The Morgan fingerprint density at radius 1 is 0.694 bits per heavy atom. The molecule has 0 aromatic heterocycles. The van der Waals surface area contributed by atoms with Crippen molar-refractivity contribution in [3.05, 3.63) is 70.8 Å². The van der Waals surface area contributed by atoms with Crippen molar-refractivity contribution in [3.8, 4) is 0 Å². The molecule has 0 N–H and O–H groups in total. The average molecular weight is 489 g/mol. The summed E-state index contributed by atoms with van der Waals surface area (Å²) in [5.41, 5.74) is 2.81. The van der Waals surface area contributed by atoms with Crippen LogP contribution in [0.2, 0.25) is 0 Å². The summed E-state index contributed by atoms with van der Waals surface area (Å²) < 4.78 is 12.6. The third-order valence-corrected chi connectivity index (χ3v) is 8.82. The molecule has 6 unspecified atom stereocenters. The first-order valence-electron chi connectivity index (χ1n) is 13.6. The second-order valence-electron chi connectivity index (χ2n) is 13.2. The number of ether oxygens (including phenoxy) is 2. The number of benzene rings is 2. The van der Waals surface area contributed by atoms with Crippen molar-refractivity contribution in [1.29, 1.82) is 0 Å². The van der Waals surface area contributed by atoms with Crippen molar-refractivity contribution >= 4 is 11.9 Å². The van der Waals surface area contributed by atoms with Gasteiger partial charge in [-0.3, -0.25) is 0 Å². The normalized spacial score (nSPS) is 29.2. The Kier molecular flexibility index (Phi) is 6.29. The molecule has 0 heterocycles. The number of esters is 2. The minimum absolute atomic E-state index is 0.177. The van der Waals surface area contributed by atoms with Crippen LogP contribution in [0.4, 0.5) is 0 Å². The lowest BCUT2D eigenvalue weighted by Gasteiger charge is -2.30. The van der Waals surface area contributed by atoms with Gasteiger partial charge in [0.15, 0.2) is 0 Å². The van der Waals surface area contributed by atoms with Crippen LogP contribution in [0.25, 0.3) is 0 Å². The molecule has 0 saturated heterocycles. The van der Waals surface area contributed by atoms with Crippen molar-refractivity contribution in [3.63, 3.8) is 0 Å². The highest BCUT2D eigenvalue weighted by atomic mass is 16.6. The molecule has 36 heavy (non-hydrogen) atoms. The SMILES string of the molecule is CC(C)(C)c1ccccc1C(=O)OC1CC2C3CCC(C3)C2C1OC(=O)c1ccccc1C(C)(C)C. The summed E-state index contributed by atoms with van der Waals surface area (Å²) in [5, 5.41) is 0. The highest BCUT2D eigenvalue weighted by Gasteiger charge is 2.59. The molecule has 0 spiro atoms. The minimum atomic E-state index is -0.408. The van der Waals surface area contributed by atoms with Gasteiger partial charge in [0, 0.05) is 5.92 Å². The first-order valence-corrected chi connectivity index (χ1v) is 13.6. The summed E-state index contributed by atoms with van der Waals surface area (Å²) in [6, 6.07) is 15.4. The van der Waals surface area contributed by atoms with Crippen molar-refractivity contribution in [2.24, 2.45) is 23.7 Å². The summed E-state index contributed by atoms with van der Waals surface area (Å²) in [5.74, 6) is 1.36. The van der Waals surface area contributed by atoms with Gasteiger partial charge in [-0.25, -0.2) is 9.59 Å². The first-order chi connectivity index (χ1) is 16.9. The fourth-order valence-electron chi connectivity index (χ4n) is 7.25. The van der Waals surface area contributed by atoms with E-state index in [1.165, 1.54) is 19.3 Å². The highest BCUT2D eigenvalue weighted by Crippen LogP contribution is 2.60. The van der Waals surface area contributed by atoms with Gasteiger partial charge in [0.2, 0.25) is 0 Å². The molecular formula is C32H40O4. The van der Waals surface area contributed by atoms with Crippen molar-refractivity contribution < 1.29 is 19.1 Å². The summed E-state index contributed by atoms with van der Waals surface area (Å²) in [6.45, 7) is 12.6. The maximum atomic E-state index is 13.6. The van der Waals surface area contributed by atoms with E-state index in [9.17, 15) is 9.59 Å². The Morgan fingerprint density at radius 2 is 1.19 bits per heavy atom. The molecule has 4 nitrogen and oxygen atoms in total. The molecule has 0 amide bonds. The molecule has 192 valence electrons. The molecule has 3 saturated carbocycles. The van der Waals surface area contributed by atoms with E-state index in [0.29, 0.717) is 28.9 Å². The molecule has 4 heteroatoms. The highest BCUT2D eigenvalue weighted by molar-refractivity contribution is 5.92. The lowest BCUT2D eigenvalue weighted by molar-refractivity contribution is -0.0418. The summed E-state index contributed by atoms with van der Waals surface area (Å²) in [6.07, 6.45) is 3.63. The fourth-order valence-corrected chi connectivity index (χ4v) is 7.25. The number of hydrogen-bond acceptors (Lipinski definition) is 4. The standard InChI is InChI=1S/C32H40O4/c1-31(2,3)24-13-9-7-11-21(24)29(33)35-26-18-23-19-15-16-20(17-19)27(23)28(26)36-30(34)22-12-8-10-14-25(22)32(4,5)6/h7-14,19-20,23,26-28H,15-18H2,1-6H3.